The van der Waals surface area contributed by atoms with Gasteiger partial charge in [0.1, 0.15) is 11.6 Å². The highest BCUT2D eigenvalue weighted by Crippen LogP contribution is 2.36. The van der Waals surface area contributed by atoms with Crippen LogP contribution in [0, 0.1) is 11.6 Å². The average Bonchev–Trinajstić information content (AvgIpc) is 2.76. The van der Waals surface area contributed by atoms with Crippen molar-refractivity contribution in [3.63, 3.8) is 0 Å². The lowest BCUT2D eigenvalue weighted by molar-refractivity contribution is 0.160. The normalized spacial score (nSPS) is 18.9. The Morgan fingerprint density at radius 2 is 2.05 bits per heavy atom. The van der Waals surface area contributed by atoms with Crippen molar-refractivity contribution < 1.29 is 13.6 Å². The largest absolute Gasteiger partial charge is 0.325 e. The monoisotopic (exact) mass is 328 g/mol. The molecule has 6 heteroatoms. The third-order valence-electron chi connectivity index (χ3n) is 3.95. The van der Waals surface area contributed by atoms with E-state index in [2.05, 4.69) is 0 Å². The summed E-state index contributed by atoms with van der Waals surface area (Å²) in [5.41, 5.74) is 0.405. The fraction of sp³-hybridized carbons (Fsp3) is 0.562. The standard InChI is InChI=1S/C16H22F2N2OS/c1-3-19(4-2)16(21)20-8-7-15(22-10-9-20)13-11-12(17)5-6-14(13)18/h5-6,11,15H,3-4,7-10H2,1-2H3. The molecule has 2 rings (SSSR count). The Kier molecular flexibility index (Phi) is 6.06. The number of thioether (sulfide) groups is 1. The van der Waals surface area contributed by atoms with Gasteiger partial charge in [-0.25, -0.2) is 13.6 Å². The van der Waals surface area contributed by atoms with Crippen LogP contribution in [0.2, 0.25) is 0 Å². The van der Waals surface area contributed by atoms with Crippen molar-refractivity contribution in [1.29, 1.82) is 0 Å². The van der Waals surface area contributed by atoms with E-state index in [1.165, 1.54) is 12.1 Å². The molecule has 0 saturated carbocycles. The third-order valence-corrected chi connectivity index (χ3v) is 5.26. The molecule has 1 saturated heterocycles. The molecular formula is C16H22F2N2OS. The van der Waals surface area contributed by atoms with Crippen molar-refractivity contribution in [3.05, 3.63) is 35.4 Å². The Balaban J connectivity index is 2.06. The second-order valence-corrected chi connectivity index (χ2v) is 6.57. The minimum atomic E-state index is -0.419. The van der Waals surface area contributed by atoms with Crippen LogP contribution in [-0.2, 0) is 0 Å². The number of urea groups is 1. The predicted molar refractivity (Wildman–Crippen MR) is 86.1 cm³/mol. The lowest BCUT2D eigenvalue weighted by atomic mass is 10.1. The van der Waals surface area contributed by atoms with Gasteiger partial charge in [-0.2, -0.15) is 11.8 Å². The van der Waals surface area contributed by atoms with E-state index in [1.807, 2.05) is 18.7 Å². The van der Waals surface area contributed by atoms with Gasteiger partial charge in [0, 0.05) is 42.7 Å². The third kappa shape index (κ3) is 3.91. The molecule has 1 aromatic carbocycles. The van der Waals surface area contributed by atoms with Gasteiger partial charge in [0.2, 0.25) is 0 Å². The first-order valence-electron chi connectivity index (χ1n) is 7.67. The molecule has 1 atom stereocenters. The minimum absolute atomic E-state index is 0.0333. The zero-order chi connectivity index (χ0) is 16.1. The van der Waals surface area contributed by atoms with Crippen molar-refractivity contribution in [2.24, 2.45) is 0 Å². The first kappa shape index (κ1) is 17.1. The summed E-state index contributed by atoms with van der Waals surface area (Å²) in [6, 6.07) is 3.62. The molecule has 1 unspecified atom stereocenters. The van der Waals surface area contributed by atoms with Crippen molar-refractivity contribution in [2.75, 3.05) is 31.9 Å². The lowest BCUT2D eigenvalue weighted by Gasteiger charge is -2.28. The summed E-state index contributed by atoms with van der Waals surface area (Å²) in [4.78, 5) is 16.0. The maximum atomic E-state index is 13.9. The molecule has 0 aliphatic carbocycles. The number of hydrogen-bond donors (Lipinski definition) is 0. The first-order valence-corrected chi connectivity index (χ1v) is 8.72. The molecule has 1 aliphatic rings. The van der Waals surface area contributed by atoms with Gasteiger partial charge >= 0.3 is 6.03 Å². The van der Waals surface area contributed by atoms with Crippen LogP contribution in [0.1, 0.15) is 31.1 Å². The smallest absolute Gasteiger partial charge is 0.320 e. The average molecular weight is 328 g/mol. The molecule has 1 aliphatic heterocycles. The number of amides is 2. The highest BCUT2D eigenvalue weighted by atomic mass is 32.2. The molecule has 1 fully saturated rings. The summed E-state index contributed by atoms with van der Waals surface area (Å²) < 4.78 is 27.3. The minimum Gasteiger partial charge on any atom is -0.325 e. The maximum Gasteiger partial charge on any atom is 0.320 e. The zero-order valence-corrected chi connectivity index (χ0v) is 13.8. The van der Waals surface area contributed by atoms with E-state index in [4.69, 9.17) is 0 Å². The van der Waals surface area contributed by atoms with Crippen molar-refractivity contribution in [1.82, 2.24) is 9.80 Å². The van der Waals surface area contributed by atoms with E-state index >= 15 is 0 Å². The van der Waals surface area contributed by atoms with E-state index in [1.54, 1.807) is 16.7 Å². The highest BCUT2D eigenvalue weighted by Gasteiger charge is 2.25. The Morgan fingerprint density at radius 1 is 1.32 bits per heavy atom. The number of carbonyl (C=O) groups excluding carboxylic acids is 1. The number of carbonyl (C=O) groups is 1. The molecule has 0 bridgehead atoms. The van der Waals surface area contributed by atoms with Gasteiger partial charge in [0.05, 0.1) is 0 Å². The first-order chi connectivity index (χ1) is 10.6. The summed E-state index contributed by atoms with van der Waals surface area (Å²) in [6.45, 7) is 6.50. The topological polar surface area (TPSA) is 23.6 Å². The molecule has 0 aromatic heterocycles. The number of benzene rings is 1. The van der Waals surface area contributed by atoms with Crippen molar-refractivity contribution >= 4 is 17.8 Å². The van der Waals surface area contributed by atoms with Crippen LogP contribution in [0.15, 0.2) is 18.2 Å². The number of halogens is 2. The van der Waals surface area contributed by atoms with E-state index in [0.717, 1.165) is 11.8 Å². The van der Waals surface area contributed by atoms with Crippen LogP contribution in [0.25, 0.3) is 0 Å². The van der Waals surface area contributed by atoms with Crippen molar-refractivity contribution in [2.45, 2.75) is 25.5 Å². The number of hydrogen-bond acceptors (Lipinski definition) is 2. The van der Waals surface area contributed by atoms with Crippen LogP contribution >= 0.6 is 11.8 Å². The van der Waals surface area contributed by atoms with Gasteiger partial charge < -0.3 is 9.80 Å². The van der Waals surface area contributed by atoms with Gasteiger partial charge in [0.25, 0.3) is 0 Å². The number of nitrogens with zero attached hydrogens (tertiary/aromatic N) is 2. The molecule has 122 valence electrons. The van der Waals surface area contributed by atoms with Gasteiger partial charge in [-0.1, -0.05) is 0 Å². The molecule has 22 heavy (non-hydrogen) atoms. The van der Waals surface area contributed by atoms with E-state index < -0.39 is 5.82 Å². The molecule has 3 nitrogen and oxygen atoms in total. The van der Waals surface area contributed by atoms with Crippen LogP contribution < -0.4 is 0 Å². The van der Waals surface area contributed by atoms with Gasteiger partial charge in [-0.3, -0.25) is 0 Å². The van der Waals surface area contributed by atoms with E-state index in [-0.39, 0.29) is 17.1 Å². The second-order valence-electron chi connectivity index (χ2n) is 5.26. The quantitative estimate of drug-likeness (QED) is 0.840. The van der Waals surface area contributed by atoms with E-state index in [9.17, 15) is 13.6 Å². The summed E-state index contributed by atoms with van der Waals surface area (Å²) in [7, 11) is 0. The van der Waals surface area contributed by atoms with Crippen LogP contribution in [0.5, 0.6) is 0 Å². The fourth-order valence-electron chi connectivity index (χ4n) is 2.67. The van der Waals surface area contributed by atoms with Crippen LogP contribution in [0.4, 0.5) is 13.6 Å². The highest BCUT2D eigenvalue weighted by molar-refractivity contribution is 7.99. The van der Waals surface area contributed by atoms with Gasteiger partial charge in [0.15, 0.2) is 0 Å². The van der Waals surface area contributed by atoms with Gasteiger partial charge in [-0.15, -0.1) is 0 Å². The Morgan fingerprint density at radius 3 is 2.73 bits per heavy atom. The summed E-state index contributed by atoms with van der Waals surface area (Å²) in [5, 5.41) is -0.106. The Labute approximate surface area is 134 Å². The van der Waals surface area contributed by atoms with Crippen molar-refractivity contribution in [3.8, 4) is 0 Å². The van der Waals surface area contributed by atoms with Crippen LogP contribution in [0.3, 0.4) is 0 Å². The van der Waals surface area contributed by atoms with E-state index in [0.29, 0.717) is 38.2 Å². The second kappa shape index (κ2) is 7.81. The molecule has 1 aromatic rings. The Hall–Kier alpha value is -1.30. The summed E-state index contributed by atoms with van der Waals surface area (Å²) >= 11 is 1.59. The van der Waals surface area contributed by atoms with Gasteiger partial charge in [-0.05, 0) is 38.5 Å². The molecule has 2 amide bonds. The fourth-order valence-corrected chi connectivity index (χ4v) is 3.91. The molecule has 0 radical (unpaired) electrons. The predicted octanol–water partition coefficient (Wildman–Crippen LogP) is 3.91. The lowest BCUT2D eigenvalue weighted by Crippen LogP contribution is -2.44. The Bertz CT molecular complexity index is 523. The molecule has 1 heterocycles. The molecular weight excluding hydrogens is 306 g/mol. The number of rotatable bonds is 3. The molecule has 0 N–H and O–H groups in total. The molecule has 0 spiro atoms. The zero-order valence-electron chi connectivity index (χ0n) is 13.0. The maximum absolute atomic E-state index is 13.9. The SMILES string of the molecule is CCN(CC)C(=O)N1CCSC(c2cc(F)ccc2F)CC1. The van der Waals surface area contributed by atoms with Crippen LogP contribution in [-0.4, -0.2) is 47.8 Å². The summed E-state index contributed by atoms with van der Waals surface area (Å²) in [5.74, 6) is -0.0621. The summed E-state index contributed by atoms with van der Waals surface area (Å²) in [6.07, 6.45) is 0.637.